The van der Waals surface area contributed by atoms with Crippen LogP contribution in [0.25, 0.3) is 0 Å². The van der Waals surface area contributed by atoms with E-state index in [2.05, 4.69) is 15.4 Å². The van der Waals surface area contributed by atoms with E-state index in [1.165, 1.54) is 23.4 Å². The predicted molar refractivity (Wildman–Crippen MR) is 70.8 cm³/mol. The number of aliphatic hydroxyl groups excluding tert-OH is 1. The van der Waals surface area contributed by atoms with E-state index in [1.54, 1.807) is 0 Å². The average molecular weight is 325 g/mol. The summed E-state index contributed by atoms with van der Waals surface area (Å²) in [5.41, 5.74) is -1.90. The van der Waals surface area contributed by atoms with Crippen molar-refractivity contribution in [3.8, 4) is 6.07 Å². The van der Waals surface area contributed by atoms with Gasteiger partial charge in [-0.1, -0.05) is 0 Å². The summed E-state index contributed by atoms with van der Waals surface area (Å²) in [4.78, 5) is 15.4. The molecule has 0 aliphatic rings. The molecule has 7 nitrogen and oxygen atoms in total. The third-order valence-corrected chi connectivity index (χ3v) is 2.84. The topological polar surface area (TPSA) is 104 Å². The van der Waals surface area contributed by atoms with Gasteiger partial charge < -0.3 is 10.4 Å². The number of carbonyl (C=O) groups excluding carboxylic acids is 1. The molecule has 10 heteroatoms. The van der Waals surface area contributed by atoms with Gasteiger partial charge in [-0.2, -0.15) is 23.5 Å². The number of hydrogen-bond acceptors (Lipinski definition) is 5. The molecule has 0 spiro atoms. The molecule has 2 rings (SSSR count). The van der Waals surface area contributed by atoms with E-state index in [0.717, 1.165) is 12.1 Å². The maximum absolute atomic E-state index is 12.8. The fraction of sp³-hybridized carbons (Fsp3) is 0.231. The van der Waals surface area contributed by atoms with Gasteiger partial charge in [-0.25, -0.2) is 9.67 Å². The molecule has 0 aliphatic heterocycles. The van der Waals surface area contributed by atoms with Gasteiger partial charge in [0.25, 0.3) is 5.91 Å². The summed E-state index contributed by atoms with van der Waals surface area (Å²) in [6.45, 7) is -0.200. The highest BCUT2D eigenvalue weighted by molar-refractivity contribution is 5.94. The highest BCUT2D eigenvalue weighted by Gasteiger charge is 2.34. The molecule has 0 fully saturated rings. The summed E-state index contributed by atoms with van der Waals surface area (Å²) in [6, 6.07) is 4.17. The third-order valence-electron chi connectivity index (χ3n) is 2.84. The average Bonchev–Trinajstić information content (AvgIpc) is 2.99. The normalized spacial score (nSPS) is 12.5. The van der Waals surface area contributed by atoms with Gasteiger partial charge in [0.15, 0.2) is 6.10 Å². The Bertz CT molecular complexity index is 737. The molecule has 1 amide bonds. The number of carbonyl (C=O) groups is 1. The van der Waals surface area contributed by atoms with Crippen molar-refractivity contribution in [3.63, 3.8) is 0 Å². The first-order chi connectivity index (χ1) is 10.8. The first-order valence-corrected chi connectivity index (χ1v) is 6.24. The zero-order valence-corrected chi connectivity index (χ0v) is 11.4. The molecule has 23 heavy (non-hydrogen) atoms. The second-order valence-electron chi connectivity index (χ2n) is 4.49. The zero-order chi connectivity index (χ0) is 17.0. The van der Waals surface area contributed by atoms with E-state index < -0.39 is 29.3 Å². The number of halogens is 3. The minimum atomic E-state index is -4.73. The van der Waals surface area contributed by atoms with E-state index in [0.29, 0.717) is 6.07 Å². The van der Waals surface area contributed by atoms with Crippen molar-refractivity contribution >= 4 is 11.6 Å². The lowest BCUT2D eigenvalue weighted by Crippen LogP contribution is -2.31. The van der Waals surface area contributed by atoms with E-state index in [9.17, 15) is 23.1 Å². The van der Waals surface area contributed by atoms with Crippen LogP contribution in [0, 0.1) is 11.3 Å². The fourth-order valence-electron chi connectivity index (χ4n) is 1.77. The van der Waals surface area contributed by atoms with Crippen molar-refractivity contribution in [1.82, 2.24) is 14.8 Å². The number of alkyl halides is 3. The summed E-state index contributed by atoms with van der Waals surface area (Å²) in [5.74, 6) is -0.904. The molecule has 0 unspecified atom stereocenters. The zero-order valence-electron chi connectivity index (χ0n) is 11.4. The number of rotatable bonds is 4. The molecule has 0 bridgehead atoms. The van der Waals surface area contributed by atoms with Crippen molar-refractivity contribution in [1.29, 1.82) is 5.26 Å². The molecular formula is C13H10F3N5O2. The molecule has 1 atom stereocenters. The Labute approximate surface area is 128 Å². The quantitative estimate of drug-likeness (QED) is 0.878. The fourth-order valence-corrected chi connectivity index (χ4v) is 1.77. The molecule has 2 aromatic rings. The molecule has 2 N–H and O–H groups in total. The highest BCUT2D eigenvalue weighted by atomic mass is 19.4. The number of hydrogen-bond donors (Lipinski definition) is 2. The van der Waals surface area contributed by atoms with Crippen LogP contribution in [0.1, 0.15) is 11.1 Å². The van der Waals surface area contributed by atoms with Crippen LogP contribution in [0.4, 0.5) is 18.9 Å². The van der Waals surface area contributed by atoms with E-state index in [4.69, 9.17) is 5.26 Å². The van der Waals surface area contributed by atoms with Gasteiger partial charge in [-0.15, -0.1) is 0 Å². The van der Waals surface area contributed by atoms with Crippen molar-refractivity contribution in [2.45, 2.75) is 18.8 Å². The minimum absolute atomic E-state index is 0.182. The van der Waals surface area contributed by atoms with Crippen LogP contribution in [0.5, 0.6) is 0 Å². The Morgan fingerprint density at radius 2 is 2.22 bits per heavy atom. The largest absolute Gasteiger partial charge is 0.417 e. The van der Waals surface area contributed by atoms with Crippen LogP contribution in [0.2, 0.25) is 0 Å². The summed E-state index contributed by atoms with van der Waals surface area (Å²) >= 11 is 0. The third kappa shape index (κ3) is 4.04. The van der Waals surface area contributed by atoms with Gasteiger partial charge in [0.2, 0.25) is 0 Å². The van der Waals surface area contributed by atoms with Crippen molar-refractivity contribution < 1.29 is 23.1 Å². The van der Waals surface area contributed by atoms with Gasteiger partial charge in [-0.3, -0.25) is 4.79 Å². The number of nitriles is 1. The van der Waals surface area contributed by atoms with Crippen LogP contribution in [0.15, 0.2) is 30.9 Å². The van der Waals surface area contributed by atoms with Crippen molar-refractivity contribution in [2.75, 3.05) is 5.32 Å². The molecule has 120 valence electrons. The lowest BCUT2D eigenvalue weighted by Gasteiger charge is -2.14. The van der Waals surface area contributed by atoms with Gasteiger partial charge in [0, 0.05) is 5.69 Å². The summed E-state index contributed by atoms with van der Waals surface area (Å²) < 4.78 is 39.7. The smallest absolute Gasteiger partial charge is 0.381 e. The molecule has 1 heterocycles. The predicted octanol–water partition coefficient (Wildman–Crippen LogP) is 1.17. The Hall–Kier alpha value is -2.93. The number of amides is 1. The van der Waals surface area contributed by atoms with Gasteiger partial charge in [0.05, 0.1) is 23.7 Å². The maximum atomic E-state index is 12.8. The summed E-state index contributed by atoms with van der Waals surface area (Å²) in [7, 11) is 0. The van der Waals surface area contributed by atoms with E-state index in [-0.39, 0.29) is 12.2 Å². The van der Waals surface area contributed by atoms with Gasteiger partial charge in [-0.05, 0) is 18.2 Å². The second-order valence-corrected chi connectivity index (χ2v) is 4.49. The Morgan fingerprint density at radius 3 is 2.78 bits per heavy atom. The van der Waals surface area contributed by atoms with Crippen LogP contribution in [0.3, 0.4) is 0 Å². The van der Waals surface area contributed by atoms with Crippen LogP contribution in [-0.2, 0) is 17.5 Å². The SMILES string of the molecule is N#Cc1ccc(NC(=O)[C@@H](O)Cn2cncn2)cc1C(F)(F)F. The lowest BCUT2D eigenvalue weighted by atomic mass is 10.1. The number of nitrogens with one attached hydrogen (secondary N) is 1. The molecular weight excluding hydrogens is 315 g/mol. The molecule has 0 saturated heterocycles. The second kappa shape index (κ2) is 6.45. The van der Waals surface area contributed by atoms with Crippen LogP contribution >= 0.6 is 0 Å². The van der Waals surface area contributed by atoms with Gasteiger partial charge >= 0.3 is 6.18 Å². The highest BCUT2D eigenvalue weighted by Crippen LogP contribution is 2.33. The lowest BCUT2D eigenvalue weighted by molar-refractivity contribution is -0.137. The van der Waals surface area contributed by atoms with Crippen LogP contribution in [-0.4, -0.2) is 31.9 Å². The standard InChI is InChI=1S/C13H10F3N5O2/c14-13(15,16)10-3-9(2-1-8(10)4-17)20-12(23)11(22)5-21-7-18-6-19-21/h1-3,6-7,11,22H,5H2,(H,20,23)/t11-/m0/s1. The number of benzene rings is 1. The van der Waals surface area contributed by atoms with E-state index in [1.807, 2.05) is 0 Å². The minimum Gasteiger partial charge on any atom is -0.381 e. The summed E-state index contributed by atoms with van der Waals surface area (Å²) in [5, 5.41) is 24.3. The van der Waals surface area contributed by atoms with Crippen molar-refractivity contribution in [3.05, 3.63) is 42.0 Å². The molecule has 0 aliphatic carbocycles. The monoisotopic (exact) mass is 325 g/mol. The first-order valence-electron chi connectivity index (χ1n) is 6.24. The first kappa shape index (κ1) is 16.4. The Morgan fingerprint density at radius 1 is 1.48 bits per heavy atom. The number of aliphatic hydroxyl groups is 1. The van der Waals surface area contributed by atoms with Crippen molar-refractivity contribution in [2.24, 2.45) is 0 Å². The number of aromatic nitrogens is 3. The molecule has 1 aromatic heterocycles. The van der Waals surface area contributed by atoms with Gasteiger partial charge in [0.1, 0.15) is 12.7 Å². The molecule has 1 aromatic carbocycles. The van der Waals surface area contributed by atoms with E-state index >= 15 is 0 Å². The summed E-state index contributed by atoms with van der Waals surface area (Å²) in [6.07, 6.45) is -3.77. The molecule has 0 saturated carbocycles. The molecule has 0 radical (unpaired) electrons. The Kier molecular flexibility index (Phi) is 4.61. The number of nitrogens with zero attached hydrogens (tertiary/aromatic N) is 4. The van der Waals surface area contributed by atoms with Crippen LogP contribution < -0.4 is 5.32 Å². The number of anilines is 1. The Balaban J connectivity index is 2.13. The maximum Gasteiger partial charge on any atom is 0.417 e.